The van der Waals surface area contributed by atoms with Crippen LogP contribution in [0.2, 0.25) is 0 Å². The van der Waals surface area contributed by atoms with Crippen molar-refractivity contribution >= 4 is 17.8 Å². The van der Waals surface area contributed by atoms with Gasteiger partial charge in [0.05, 0.1) is 11.1 Å². The fourth-order valence-electron chi connectivity index (χ4n) is 3.30. The Morgan fingerprint density at radius 3 is 2.10 bits per heavy atom. The number of nitrogens with one attached hydrogen (secondary N) is 1. The summed E-state index contributed by atoms with van der Waals surface area (Å²) in [5.41, 5.74) is 21.7. The highest BCUT2D eigenvalue weighted by Crippen LogP contribution is 2.23. The molecule has 8 nitrogen and oxygen atoms in total. The van der Waals surface area contributed by atoms with Gasteiger partial charge in [0, 0.05) is 13.0 Å². The zero-order valence-electron chi connectivity index (χ0n) is 19.4. The van der Waals surface area contributed by atoms with Crippen molar-refractivity contribution in [2.24, 2.45) is 32.9 Å². The van der Waals surface area contributed by atoms with Gasteiger partial charge in [0.2, 0.25) is 5.91 Å². The van der Waals surface area contributed by atoms with E-state index in [2.05, 4.69) is 30.7 Å². The maximum atomic E-state index is 10.8. The maximum absolute atomic E-state index is 10.8. The molecule has 30 heavy (non-hydrogen) atoms. The molecule has 0 saturated heterocycles. The van der Waals surface area contributed by atoms with E-state index in [-0.39, 0.29) is 17.4 Å². The molecule has 0 aromatic carbocycles. The van der Waals surface area contributed by atoms with Crippen molar-refractivity contribution in [3.63, 3.8) is 0 Å². The van der Waals surface area contributed by atoms with Gasteiger partial charge in [-0.25, -0.2) is 9.98 Å². The lowest BCUT2D eigenvalue weighted by atomic mass is 9.92. The van der Waals surface area contributed by atoms with Crippen molar-refractivity contribution in [3.05, 3.63) is 12.7 Å². The summed E-state index contributed by atoms with van der Waals surface area (Å²) in [4.78, 5) is 19.8. The fraction of sp³-hybridized carbons (Fsp3) is 0.773. The van der Waals surface area contributed by atoms with E-state index in [0.717, 1.165) is 70.8 Å². The molecule has 2 unspecified atom stereocenters. The van der Waals surface area contributed by atoms with Gasteiger partial charge in [-0.15, -0.1) is 6.58 Å². The minimum absolute atomic E-state index is 0.0982. The molecular formula is C22H45N7O. The number of aliphatic imine (C=N–C) groups is 2. The summed E-state index contributed by atoms with van der Waals surface area (Å²) in [5, 5.41) is 3.23. The Morgan fingerprint density at radius 1 is 0.933 bits per heavy atom. The Hall–Kier alpha value is -2.25. The van der Waals surface area contributed by atoms with Crippen LogP contribution in [-0.4, -0.2) is 35.4 Å². The third-order valence-electron chi connectivity index (χ3n) is 5.53. The van der Waals surface area contributed by atoms with E-state index in [1.807, 2.05) is 6.92 Å². The molecule has 0 radical (unpaired) electrons. The van der Waals surface area contributed by atoms with Gasteiger partial charge < -0.3 is 28.3 Å². The summed E-state index contributed by atoms with van der Waals surface area (Å²) in [5.74, 6) is 0.368. The Labute approximate surface area is 183 Å². The summed E-state index contributed by atoms with van der Waals surface area (Å²) in [7, 11) is 0. The average molecular weight is 424 g/mol. The van der Waals surface area contributed by atoms with Crippen LogP contribution in [0.4, 0.5) is 0 Å². The number of nitrogens with zero attached hydrogens (tertiary/aromatic N) is 2. The smallest absolute Gasteiger partial charge is 0.217 e. The van der Waals surface area contributed by atoms with Crippen LogP contribution in [0.1, 0.15) is 91.4 Å². The molecule has 174 valence electrons. The lowest BCUT2D eigenvalue weighted by Gasteiger charge is -2.24. The van der Waals surface area contributed by atoms with Crippen molar-refractivity contribution in [1.29, 1.82) is 0 Å². The van der Waals surface area contributed by atoms with Crippen LogP contribution in [0.5, 0.6) is 0 Å². The van der Waals surface area contributed by atoms with E-state index in [0.29, 0.717) is 12.4 Å². The molecule has 0 rings (SSSR count). The van der Waals surface area contributed by atoms with Gasteiger partial charge in [-0.3, -0.25) is 4.79 Å². The summed E-state index contributed by atoms with van der Waals surface area (Å²) in [6, 6.07) is 0. The van der Waals surface area contributed by atoms with Gasteiger partial charge in [0.1, 0.15) is 0 Å². The van der Waals surface area contributed by atoms with E-state index in [1.165, 1.54) is 0 Å². The number of primary amides is 1. The molecular weight excluding hydrogens is 378 g/mol. The molecule has 0 aromatic rings. The highest BCUT2D eigenvalue weighted by molar-refractivity contribution is 5.78. The molecule has 1 amide bonds. The van der Waals surface area contributed by atoms with E-state index < -0.39 is 5.54 Å². The normalized spacial score (nSPS) is 15.6. The number of nitrogens with two attached hydrogens (primary N) is 4. The number of carbonyl (C=O) groups is 1. The number of hydrogen-bond acceptors (Lipinski definition) is 3. The molecule has 0 spiro atoms. The Kier molecular flexibility index (Phi) is 13.6. The third kappa shape index (κ3) is 13.8. The first-order valence-corrected chi connectivity index (χ1v) is 11.2. The highest BCUT2D eigenvalue weighted by Gasteiger charge is 2.21. The molecule has 0 saturated carbocycles. The van der Waals surface area contributed by atoms with Crippen LogP contribution in [-0.2, 0) is 4.79 Å². The second kappa shape index (κ2) is 14.7. The van der Waals surface area contributed by atoms with Crippen LogP contribution < -0.4 is 28.3 Å². The molecule has 9 N–H and O–H groups in total. The van der Waals surface area contributed by atoms with Crippen molar-refractivity contribution in [3.8, 4) is 0 Å². The Balaban J connectivity index is 4.13. The molecule has 0 aromatic heterocycles. The van der Waals surface area contributed by atoms with Gasteiger partial charge in [-0.2, -0.15) is 0 Å². The highest BCUT2D eigenvalue weighted by atomic mass is 16.1. The SMILES string of the molecule is C=CC(C)(CCCCCCNC(N)=NC(C)(CC)CCCCCC(N)=O)N=C(N)N. The van der Waals surface area contributed by atoms with Gasteiger partial charge in [0.15, 0.2) is 11.9 Å². The number of amides is 1. The molecule has 0 fully saturated rings. The largest absolute Gasteiger partial charge is 0.370 e. The van der Waals surface area contributed by atoms with Crippen molar-refractivity contribution in [1.82, 2.24) is 5.32 Å². The lowest BCUT2D eigenvalue weighted by Crippen LogP contribution is -2.36. The number of carbonyl (C=O) groups excluding carboxylic acids is 1. The molecule has 2 atom stereocenters. The van der Waals surface area contributed by atoms with E-state index >= 15 is 0 Å². The maximum Gasteiger partial charge on any atom is 0.217 e. The molecule has 0 heterocycles. The van der Waals surface area contributed by atoms with Crippen molar-refractivity contribution in [2.45, 2.75) is 102 Å². The van der Waals surface area contributed by atoms with E-state index in [9.17, 15) is 4.79 Å². The topological polar surface area (TPSA) is 158 Å². The number of guanidine groups is 2. The average Bonchev–Trinajstić information content (AvgIpc) is 2.66. The number of unbranched alkanes of at least 4 members (excludes halogenated alkanes) is 5. The van der Waals surface area contributed by atoms with Crippen LogP contribution in [0.15, 0.2) is 22.6 Å². The molecule has 0 aliphatic rings. The minimum atomic E-state index is -0.390. The molecule has 0 aliphatic carbocycles. The first-order valence-electron chi connectivity index (χ1n) is 11.2. The number of hydrogen-bond donors (Lipinski definition) is 5. The zero-order valence-corrected chi connectivity index (χ0v) is 19.4. The first kappa shape index (κ1) is 27.8. The predicted molar refractivity (Wildman–Crippen MR) is 128 cm³/mol. The van der Waals surface area contributed by atoms with E-state index in [1.54, 1.807) is 6.08 Å². The van der Waals surface area contributed by atoms with Gasteiger partial charge >= 0.3 is 0 Å². The van der Waals surface area contributed by atoms with Gasteiger partial charge in [-0.1, -0.05) is 45.1 Å². The predicted octanol–water partition coefficient (Wildman–Crippen LogP) is 2.66. The Bertz CT molecular complexity index is 572. The first-order chi connectivity index (χ1) is 14.1. The van der Waals surface area contributed by atoms with E-state index in [4.69, 9.17) is 27.9 Å². The van der Waals surface area contributed by atoms with Crippen LogP contribution >= 0.6 is 0 Å². The van der Waals surface area contributed by atoms with Crippen molar-refractivity contribution < 1.29 is 4.79 Å². The third-order valence-corrected chi connectivity index (χ3v) is 5.53. The Morgan fingerprint density at radius 2 is 1.53 bits per heavy atom. The second-order valence-corrected chi connectivity index (χ2v) is 8.56. The van der Waals surface area contributed by atoms with Crippen molar-refractivity contribution in [2.75, 3.05) is 6.54 Å². The van der Waals surface area contributed by atoms with Gasteiger partial charge in [0.25, 0.3) is 0 Å². The summed E-state index contributed by atoms with van der Waals surface area (Å²) < 4.78 is 0. The molecule has 0 aliphatic heterocycles. The van der Waals surface area contributed by atoms with Crippen LogP contribution in [0, 0.1) is 0 Å². The van der Waals surface area contributed by atoms with Gasteiger partial charge in [-0.05, 0) is 46.0 Å². The minimum Gasteiger partial charge on any atom is -0.370 e. The standard InChI is InChI=1S/C22H45N7O/c1-5-21(3,28-19(24)25)15-11-7-8-13-17-27-20(26)29-22(4,6-2)16-12-9-10-14-18(23)30/h5H,1,6-17H2,2-4H3,(H2,23,30)(H4,24,25,28)(H3,26,27,29). The summed E-state index contributed by atoms with van der Waals surface area (Å²) >= 11 is 0. The fourth-order valence-corrected chi connectivity index (χ4v) is 3.30. The summed E-state index contributed by atoms with van der Waals surface area (Å²) in [6.45, 7) is 10.9. The second-order valence-electron chi connectivity index (χ2n) is 8.56. The summed E-state index contributed by atoms with van der Waals surface area (Å²) in [6.07, 6.45) is 12.1. The zero-order chi connectivity index (χ0) is 23.0. The lowest BCUT2D eigenvalue weighted by molar-refractivity contribution is -0.118. The van der Waals surface area contributed by atoms with Crippen LogP contribution in [0.25, 0.3) is 0 Å². The van der Waals surface area contributed by atoms with Crippen LogP contribution in [0.3, 0.4) is 0 Å². The quantitative estimate of drug-likeness (QED) is 0.105. The molecule has 8 heteroatoms. The number of rotatable bonds is 17. The monoisotopic (exact) mass is 423 g/mol. The molecule has 0 bridgehead atoms.